The fraction of sp³-hybridized carbons (Fsp3) is 0.500. The van der Waals surface area contributed by atoms with Gasteiger partial charge < -0.3 is 18.9 Å². The highest BCUT2D eigenvalue weighted by molar-refractivity contribution is 9.10. The summed E-state index contributed by atoms with van der Waals surface area (Å²) in [5, 5.41) is 9.17. The van der Waals surface area contributed by atoms with Crippen molar-refractivity contribution in [3.8, 4) is 11.8 Å². The lowest BCUT2D eigenvalue weighted by Gasteiger charge is -2.36. The van der Waals surface area contributed by atoms with Crippen LogP contribution in [-0.2, 0) is 31.2 Å². The Balaban J connectivity index is 1.63. The number of aromatic nitrogens is 1. The molecule has 0 radical (unpaired) electrons. The van der Waals surface area contributed by atoms with E-state index in [1.54, 1.807) is 4.90 Å². The normalized spacial score (nSPS) is 15.9. The minimum absolute atomic E-state index is 0.0378. The van der Waals surface area contributed by atoms with Gasteiger partial charge in [-0.25, -0.2) is 4.79 Å². The summed E-state index contributed by atoms with van der Waals surface area (Å²) in [5.74, 6) is 0.886. The maximum atomic E-state index is 12.6. The van der Waals surface area contributed by atoms with Crippen LogP contribution in [0.3, 0.4) is 0 Å². The van der Waals surface area contributed by atoms with Crippen LogP contribution < -0.4 is 4.74 Å². The van der Waals surface area contributed by atoms with Crippen molar-refractivity contribution in [2.45, 2.75) is 65.1 Å². The lowest BCUT2D eigenvalue weighted by atomic mass is 9.94. The van der Waals surface area contributed by atoms with Crippen LogP contribution in [0.1, 0.15) is 56.6 Å². The standard InChI is InChI=1S/C24H30BrN3O3/c1-16-12-19-17(15-28(16)23(29)31-24(2,3)4)8-6-10-22(19)30-11-7-9-21-20(25)13-18(14-26)27(21)5/h6,8,10,13,16H,7,9,11-12,15H2,1-5H3. The van der Waals surface area contributed by atoms with E-state index in [-0.39, 0.29) is 12.1 Å². The smallest absolute Gasteiger partial charge is 0.410 e. The molecule has 1 aliphatic rings. The molecule has 1 aromatic heterocycles. The third-order valence-electron chi connectivity index (χ3n) is 5.47. The summed E-state index contributed by atoms with van der Waals surface area (Å²) in [5.41, 5.74) is 3.50. The lowest BCUT2D eigenvalue weighted by molar-refractivity contribution is 0.0137. The fourth-order valence-corrected chi connectivity index (χ4v) is 4.54. The van der Waals surface area contributed by atoms with E-state index in [0.717, 1.165) is 40.7 Å². The van der Waals surface area contributed by atoms with Gasteiger partial charge >= 0.3 is 6.09 Å². The van der Waals surface area contributed by atoms with Gasteiger partial charge in [0.15, 0.2) is 0 Å². The van der Waals surface area contributed by atoms with E-state index in [1.165, 1.54) is 5.56 Å². The highest BCUT2D eigenvalue weighted by Gasteiger charge is 2.31. The molecule has 1 amide bonds. The number of nitriles is 1. The molecule has 0 N–H and O–H groups in total. The summed E-state index contributed by atoms with van der Waals surface area (Å²) in [6.45, 7) is 8.80. The topological polar surface area (TPSA) is 67.5 Å². The van der Waals surface area contributed by atoms with Crippen LogP contribution in [0.25, 0.3) is 0 Å². The number of fused-ring (bicyclic) bond motifs is 1. The molecule has 1 atom stereocenters. The van der Waals surface area contributed by atoms with Crippen molar-refractivity contribution in [2.75, 3.05) is 6.61 Å². The van der Waals surface area contributed by atoms with E-state index in [1.807, 2.05) is 57.5 Å². The summed E-state index contributed by atoms with van der Waals surface area (Å²) in [7, 11) is 1.91. The highest BCUT2D eigenvalue weighted by Crippen LogP contribution is 2.32. The third kappa shape index (κ3) is 5.43. The van der Waals surface area contributed by atoms with Crippen molar-refractivity contribution >= 4 is 22.0 Å². The van der Waals surface area contributed by atoms with Crippen LogP contribution in [0.5, 0.6) is 5.75 Å². The van der Waals surface area contributed by atoms with Gasteiger partial charge in [-0.1, -0.05) is 12.1 Å². The van der Waals surface area contributed by atoms with Crippen LogP contribution in [0, 0.1) is 11.3 Å². The van der Waals surface area contributed by atoms with Gasteiger partial charge in [0, 0.05) is 35.4 Å². The van der Waals surface area contributed by atoms with E-state index >= 15 is 0 Å². The van der Waals surface area contributed by atoms with Crippen LogP contribution >= 0.6 is 15.9 Å². The summed E-state index contributed by atoms with van der Waals surface area (Å²) < 4.78 is 14.6. The molecule has 1 aliphatic heterocycles. The van der Waals surface area contributed by atoms with Gasteiger partial charge in [-0.05, 0) is 80.6 Å². The van der Waals surface area contributed by atoms with Gasteiger partial charge in [0.25, 0.3) is 0 Å². The average molecular weight is 488 g/mol. The van der Waals surface area contributed by atoms with E-state index in [4.69, 9.17) is 9.47 Å². The molecule has 0 fully saturated rings. The third-order valence-corrected chi connectivity index (χ3v) is 6.15. The maximum Gasteiger partial charge on any atom is 0.410 e. The fourth-order valence-electron chi connectivity index (χ4n) is 3.86. The molecule has 166 valence electrons. The molecule has 0 spiro atoms. The monoisotopic (exact) mass is 487 g/mol. The molecule has 1 aromatic carbocycles. The molecule has 7 heteroatoms. The van der Waals surface area contributed by atoms with Gasteiger partial charge in [-0.3, -0.25) is 0 Å². The quantitative estimate of drug-likeness (QED) is 0.532. The van der Waals surface area contributed by atoms with Crippen molar-refractivity contribution in [3.63, 3.8) is 0 Å². The second kappa shape index (κ2) is 9.35. The number of hydrogen-bond acceptors (Lipinski definition) is 4. The molecule has 1 unspecified atom stereocenters. The first-order valence-corrected chi connectivity index (χ1v) is 11.4. The largest absolute Gasteiger partial charge is 0.493 e. The lowest BCUT2D eigenvalue weighted by Crippen LogP contribution is -2.45. The minimum atomic E-state index is -0.511. The molecular weight excluding hydrogens is 458 g/mol. The Morgan fingerprint density at radius 1 is 1.35 bits per heavy atom. The number of hydrogen-bond donors (Lipinski definition) is 0. The van der Waals surface area contributed by atoms with Crippen LogP contribution in [-0.4, -0.2) is 33.8 Å². The molecule has 0 saturated heterocycles. The number of benzene rings is 1. The Labute approximate surface area is 192 Å². The van der Waals surface area contributed by atoms with E-state index in [2.05, 4.69) is 28.1 Å². The van der Waals surface area contributed by atoms with Gasteiger partial charge in [-0.2, -0.15) is 5.26 Å². The number of carbonyl (C=O) groups excluding carboxylic acids is 1. The van der Waals surface area contributed by atoms with E-state index in [0.29, 0.717) is 18.8 Å². The van der Waals surface area contributed by atoms with Crippen molar-refractivity contribution < 1.29 is 14.3 Å². The first-order valence-electron chi connectivity index (χ1n) is 10.6. The zero-order valence-corrected chi connectivity index (χ0v) is 20.5. The predicted molar refractivity (Wildman–Crippen MR) is 123 cm³/mol. The van der Waals surface area contributed by atoms with Crippen molar-refractivity contribution in [1.29, 1.82) is 5.26 Å². The molecule has 0 bridgehead atoms. The van der Waals surface area contributed by atoms with Gasteiger partial charge in [0.1, 0.15) is 23.1 Å². The average Bonchev–Trinajstić information content (AvgIpc) is 2.96. The van der Waals surface area contributed by atoms with Gasteiger partial charge in [0.2, 0.25) is 0 Å². The van der Waals surface area contributed by atoms with Gasteiger partial charge in [0.05, 0.1) is 6.61 Å². The number of rotatable bonds is 5. The van der Waals surface area contributed by atoms with Crippen molar-refractivity contribution in [3.05, 3.63) is 51.3 Å². The second-order valence-corrected chi connectivity index (χ2v) is 9.86. The minimum Gasteiger partial charge on any atom is -0.493 e. The molecule has 0 saturated carbocycles. The first-order chi connectivity index (χ1) is 14.6. The predicted octanol–water partition coefficient (Wildman–Crippen LogP) is 5.35. The summed E-state index contributed by atoms with van der Waals surface area (Å²) in [6, 6.07) is 10.1. The van der Waals surface area contributed by atoms with Crippen LogP contribution in [0.15, 0.2) is 28.7 Å². The maximum absolute atomic E-state index is 12.6. The second-order valence-electron chi connectivity index (χ2n) is 9.00. The SMILES string of the molecule is CC1Cc2c(cccc2OCCCc2c(Br)cc(C#N)n2C)CN1C(=O)OC(C)(C)C. The van der Waals surface area contributed by atoms with Crippen LogP contribution in [0.2, 0.25) is 0 Å². The Morgan fingerprint density at radius 3 is 2.74 bits per heavy atom. The molecule has 2 heterocycles. The van der Waals surface area contributed by atoms with Crippen LogP contribution in [0.4, 0.5) is 4.79 Å². The Hall–Kier alpha value is -2.46. The summed E-state index contributed by atoms with van der Waals surface area (Å²) in [4.78, 5) is 14.4. The van der Waals surface area contributed by atoms with E-state index < -0.39 is 5.60 Å². The highest BCUT2D eigenvalue weighted by atomic mass is 79.9. The summed E-state index contributed by atoms with van der Waals surface area (Å²) >= 11 is 3.54. The van der Waals surface area contributed by atoms with Crippen molar-refractivity contribution in [2.24, 2.45) is 7.05 Å². The first kappa shape index (κ1) is 23.2. The van der Waals surface area contributed by atoms with Crippen molar-refractivity contribution in [1.82, 2.24) is 9.47 Å². The molecule has 3 rings (SSSR count). The molecular formula is C24H30BrN3O3. The number of halogens is 1. The number of carbonyl (C=O) groups is 1. The number of amides is 1. The number of nitrogens with zero attached hydrogens (tertiary/aromatic N) is 3. The van der Waals surface area contributed by atoms with E-state index in [9.17, 15) is 10.1 Å². The zero-order chi connectivity index (χ0) is 22.8. The molecule has 2 aromatic rings. The summed E-state index contributed by atoms with van der Waals surface area (Å²) in [6.07, 6.45) is 2.11. The zero-order valence-electron chi connectivity index (χ0n) is 18.9. The Morgan fingerprint density at radius 2 is 2.10 bits per heavy atom. The molecule has 31 heavy (non-hydrogen) atoms. The van der Waals surface area contributed by atoms with Gasteiger partial charge in [-0.15, -0.1) is 0 Å². The Bertz CT molecular complexity index is 1000. The Kier molecular flexibility index (Phi) is 7.00. The number of ether oxygens (including phenoxy) is 2. The molecule has 0 aliphatic carbocycles. The molecule has 6 nitrogen and oxygen atoms in total.